The van der Waals surface area contributed by atoms with E-state index in [0.29, 0.717) is 25.5 Å². The molecule has 2 saturated heterocycles. The zero-order chi connectivity index (χ0) is 23.8. The maximum absolute atomic E-state index is 13.4. The third-order valence-corrected chi connectivity index (χ3v) is 6.88. The Morgan fingerprint density at radius 2 is 1.71 bits per heavy atom. The normalized spacial score (nSPS) is 20.7. The second-order valence-corrected chi connectivity index (χ2v) is 9.30. The molecule has 0 aliphatic carbocycles. The van der Waals surface area contributed by atoms with Crippen molar-refractivity contribution >= 4 is 17.5 Å². The smallest absolute Gasteiger partial charge is 0.342 e. The quantitative estimate of drug-likeness (QED) is 0.601. The third-order valence-electron chi connectivity index (χ3n) is 6.88. The standard InChI is InChI=1S/C26H29N5O3/c1-18-10-12-21(13-11-18)30-17-20(15-23(30)32)25(33)29-14-6-7-19(16-29)24-27-28(2)26(34)31(24)22-8-4-3-5-9-22/h3-5,8-13,19-20H,6-7,14-17H2,1-2H3. The number of rotatable bonds is 4. The van der Waals surface area contributed by atoms with Gasteiger partial charge in [-0.3, -0.25) is 9.59 Å². The Morgan fingerprint density at radius 3 is 2.44 bits per heavy atom. The van der Waals surface area contributed by atoms with Crippen LogP contribution in [0.2, 0.25) is 0 Å². The molecule has 176 valence electrons. The van der Waals surface area contributed by atoms with E-state index in [4.69, 9.17) is 0 Å². The van der Waals surface area contributed by atoms with E-state index >= 15 is 0 Å². The highest BCUT2D eigenvalue weighted by Crippen LogP contribution is 2.31. The van der Waals surface area contributed by atoms with Crippen molar-refractivity contribution in [2.45, 2.75) is 32.1 Å². The van der Waals surface area contributed by atoms with Crippen LogP contribution in [0.3, 0.4) is 0 Å². The lowest BCUT2D eigenvalue weighted by Gasteiger charge is -2.33. The lowest BCUT2D eigenvalue weighted by Crippen LogP contribution is -2.43. The summed E-state index contributed by atoms with van der Waals surface area (Å²) in [5.74, 6) is 0.278. The summed E-state index contributed by atoms with van der Waals surface area (Å²) in [5.41, 5.74) is 2.54. The Bertz CT molecular complexity index is 1260. The number of aromatic nitrogens is 3. The first kappa shape index (κ1) is 22.1. The van der Waals surface area contributed by atoms with E-state index < -0.39 is 0 Å². The predicted octanol–water partition coefficient (Wildman–Crippen LogP) is 2.64. The Hall–Kier alpha value is -3.68. The molecule has 2 aliphatic heterocycles. The second kappa shape index (κ2) is 8.93. The molecule has 0 radical (unpaired) electrons. The zero-order valence-electron chi connectivity index (χ0n) is 19.6. The van der Waals surface area contributed by atoms with E-state index in [1.807, 2.05) is 66.4 Å². The van der Waals surface area contributed by atoms with Gasteiger partial charge in [0, 0.05) is 44.7 Å². The molecule has 2 fully saturated rings. The molecule has 3 aromatic rings. The van der Waals surface area contributed by atoms with Gasteiger partial charge in [-0.1, -0.05) is 35.9 Å². The van der Waals surface area contributed by atoms with Crippen LogP contribution < -0.4 is 10.6 Å². The summed E-state index contributed by atoms with van der Waals surface area (Å²) in [7, 11) is 1.65. The topological polar surface area (TPSA) is 80.4 Å². The van der Waals surface area contributed by atoms with Gasteiger partial charge in [0.15, 0.2) is 0 Å². The summed E-state index contributed by atoms with van der Waals surface area (Å²) >= 11 is 0. The van der Waals surface area contributed by atoms with Crippen LogP contribution in [0, 0.1) is 12.8 Å². The van der Waals surface area contributed by atoms with Gasteiger partial charge < -0.3 is 9.80 Å². The molecule has 2 aromatic carbocycles. The summed E-state index contributed by atoms with van der Waals surface area (Å²) in [6.07, 6.45) is 1.91. The van der Waals surface area contributed by atoms with Crippen molar-refractivity contribution in [3.8, 4) is 5.69 Å². The molecule has 2 atom stereocenters. The van der Waals surface area contributed by atoms with E-state index in [2.05, 4.69) is 5.10 Å². The molecule has 0 N–H and O–H groups in total. The molecule has 0 bridgehead atoms. The van der Waals surface area contributed by atoms with Crippen molar-refractivity contribution in [2.75, 3.05) is 24.5 Å². The zero-order valence-corrected chi connectivity index (χ0v) is 19.6. The van der Waals surface area contributed by atoms with Crippen LogP contribution in [-0.4, -0.2) is 50.7 Å². The van der Waals surface area contributed by atoms with Gasteiger partial charge in [-0.05, 0) is 44.0 Å². The van der Waals surface area contributed by atoms with Crippen molar-refractivity contribution in [3.63, 3.8) is 0 Å². The van der Waals surface area contributed by atoms with Crippen LogP contribution in [0.4, 0.5) is 5.69 Å². The number of likely N-dealkylation sites (tertiary alicyclic amines) is 1. The Morgan fingerprint density at radius 1 is 0.971 bits per heavy atom. The van der Waals surface area contributed by atoms with Crippen LogP contribution in [0.1, 0.15) is 36.6 Å². The molecule has 34 heavy (non-hydrogen) atoms. The molecule has 2 aliphatic rings. The van der Waals surface area contributed by atoms with Crippen LogP contribution >= 0.6 is 0 Å². The van der Waals surface area contributed by atoms with Gasteiger partial charge >= 0.3 is 5.69 Å². The number of anilines is 1. The summed E-state index contributed by atoms with van der Waals surface area (Å²) in [6, 6.07) is 17.3. The highest BCUT2D eigenvalue weighted by atomic mass is 16.2. The summed E-state index contributed by atoms with van der Waals surface area (Å²) in [6.45, 7) is 3.57. The van der Waals surface area contributed by atoms with E-state index in [9.17, 15) is 14.4 Å². The third kappa shape index (κ3) is 4.04. The number of hydrogen-bond donors (Lipinski definition) is 0. The summed E-state index contributed by atoms with van der Waals surface area (Å²) < 4.78 is 3.01. The monoisotopic (exact) mass is 459 g/mol. The Balaban J connectivity index is 1.34. The first-order valence-electron chi connectivity index (χ1n) is 11.8. The number of nitrogens with zero attached hydrogens (tertiary/aromatic N) is 5. The summed E-state index contributed by atoms with van der Waals surface area (Å²) in [4.78, 5) is 42.5. The molecule has 8 heteroatoms. The number of amides is 2. The maximum Gasteiger partial charge on any atom is 0.350 e. The molecular formula is C26H29N5O3. The van der Waals surface area contributed by atoms with Crippen molar-refractivity contribution in [1.29, 1.82) is 0 Å². The summed E-state index contributed by atoms with van der Waals surface area (Å²) in [5, 5.41) is 4.54. The number of aryl methyl sites for hydroxylation is 2. The number of para-hydroxylation sites is 1. The Kier molecular flexibility index (Phi) is 5.81. The van der Waals surface area contributed by atoms with E-state index in [1.165, 1.54) is 4.68 Å². The van der Waals surface area contributed by atoms with Gasteiger partial charge in [0.1, 0.15) is 5.82 Å². The molecule has 8 nitrogen and oxygen atoms in total. The van der Waals surface area contributed by atoms with Crippen molar-refractivity contribution in [3.05, 3.63) is 76.5 Å². The average Bonchev–Trinajstić information content (AvgIpc) is 3.39. The van der Waals surface area contributed by atoms with Gasteiger partial charge in [0.2, 0.25) is 11.8 Å². The first-order chi connectivity index (χ1) is 16.4. The fraction of sp³-hybridized carbons (Fsp3) is 0.385. The second-order valence-electron chi connectivity index (χ2n) is 9.30. The van der Waals surface area contributed by atoms with Crippen molar-refractivity contribution in [1.82, 2.24) is 19.2 Å². The molecular weight excluding hydrogens is 430 g/mol. The number of piperidine rings is 1. The van der Waals surface area contributed by atoms with Crippen LogP contribution in [0.25, 0.3) is 5.69 Å². The van der Waals surface area contributed by atoms with Crippen molar-refractivity contribution in [2.24, 2.45) is 13.0 Å². The molecule has 3 heterocycles. The van der Waals surface area contributed by atoms with Crippen LogP contribution in [0.5, 0.6) is 0 Å². The first-order valence-corrected chi connectivity index (χ1v) is 11.8. The van der Waals surface area contributed by atoms with Crippen LogP contribution in [0.15, 0.2) is 59.4 Å². The number of carbonyl (C=O) groups is 2. The fourth-order valence-corrected chi connectivity index (χ4v) is 5.06. The minimum absolute atomic E-state index is 0.0113. The SMILES string of the molecule is Cc1ccc(N2CC(C(=O)N3CCCC(c4nn(C)c(=O)n4-c4ccccc4)C3)CC2=O)cc1. The minimum atomic E-state index is -0.354. The number of hydrogen-bond acceptors (Lipinski definition) is 4. The molecule has 5 rings (SSSR count). The molecule has 2 unspecified atom stereocenters. The maximum atomic E-state index is 13.4. The van der Waals surface area contributed by atoms with Gasteiger partial charge in [-0.2, -0.15) is 5.10 Å². The van der Waals surface area contributed by atoms with E-state index in [1.54, 1.807) is 16.5 Å². The Labute approximate surface area is 198 Å². The van der Waals surface area contributed by atoms with Gasteiger partial charge in [0.25, 0.3) is 0 Å². The highest BCUT2D eigenvalue weighted by molar-refractivity contribution is 6.00. The molecule has 0 saturated carbocycles. The van der Waals surface area contributed by atoms with Gasteiger partial charge in [-0.25, -0.2) is 14.0 Å². The van der Waals surface area contributed by atoms with E-state index in [-0.39, 0.29) is 35.8 Å². The minimum Gasteiger partial charge on any atom is -0.342 e. The molecule has 2 amide bonds. The lowest BCUT2D eigenvalue weighted by atomic mass is 9.95. The number of carbonyl (C=O) groups excluding carboxylic acids is 2. The fourth-order valence-electron chi connectivity index (χ4n) is 5.06. The highest BCUT2D eigenvalue weighted by Gasteiger charge is 2.39. The largest absolute Gasteiger partial charge is 0.350 e. The average molecular weight is 460 g/mol. The van der Waals surface area contributed by atoms with Gasteiger partial charge in [-0.15, -0.1) is 0 Å². The predicted molar refractivity (Wildman–Crippen MR) is 129 cm³/mol. The van der Waals surface area contributed by atoms with Crippen LogP contribution in [-0.2, 0) is 16.6 Å². The van der Waals surface area contributed by atoms with Crippen molar-refractivity contribution < 1.29 is 9.59 Å². The van der Waals surface area contributed by atoms with Gasteiger partial charge in [0.05, 0.1) is 11.6 Å². The molecule has 1 aromatic heterocycles. The lowest BCUT2D eigenvalue weighted by molar-refractivity contribution is -0.137. The molecule has 0 spiro atoms. The van der Waals surface area contributed by atoms with E-state index in [0.717, 1.165) is 29.8 Å². The number of benzene rings is 2.